The molecule has 0 aliphatic carbocycles. The van der Waals surface area contributed by atoms with Gasteiger partial charge >= 0.3 is 6.18 Å². The number of pyridine rings is 1. The van der Waals surface area contributed by atoms with Gasteiger partial charge in [0, 0.05) is 11.6 Å². The molecule has 0 amide bonds. The Kier molecular flexibility index (Phi) is 3.99. The first-order valence-corrected chi connectivity index (χ1v) is 8.30. The quantitative estimate of drug-likeness (QED) is 0.878. The number of anilines is 1. The first-order valence-electron chi connectivity index (χ1n) is 8.30. The molecule has 1 aromatic heterocycles. The van der Waals surface area contributed by atoms with Crippen molar-refractivity contribution in [3.8, 4) is 11.6 Å². The van der Waals surface area contributed by atoms with Crippen molar-refractivity contribution >= 4 is 11.5 Å². The lowest BCUT2D eigenvalue weighted by molar-refractivity contribution is -0.272. The summed E-state index contributed by atoms with van der Waals surface area (Å²) in [6.07, 6.45) is -2.89. The minimum atomic E-state index is -4.51. The van der Waals surface area contributed by atoms with E-state index in [0.29, 0.717) is 12.2 Å². The summed E-state index contributed by atoms with van der Waals surface area (Å²) >= 11 is 0. The molecule has 0 bridgehead atoms. The molecule has 2 aliphatic heterocycles. The van der Waals surface area contributed by atoms with Crippen LogP contribution in [0.4, 0.5) is 18.9 Å². The van der Waals surface area contributed by atoms with Crippen LogP contribution in [0.15, 0.2) is 41.6 Å². The van der Waals surface area contributed by atoms with Gasteiger partial charge in [-0.3, -0.25) is 5.43 Å². The van der Waals surface area contributed by atoms with Gasteiger partial charge in [0.2, 0.25) is 5.88 Å². The van der Waals surface area contributed by atoms with E-state index >= 15 is 0 Å². The lowest BCUT2D eigenvalue weighted by atomic mass is 9.93. The molecule has 1 N–H and O–H groups in total. The van der Waals surface area contributed by atoms with Crippen LogP contribution in [-0.4, -0.2) is 23.7 Å². The number of hydrazone groups is 1. The Morgan fingerprint density at radius 3 is 2.70 bits per heavy atom. The predicted molar refractivity (Wildman–Crippen MR) is 92.5 cm³/mol. The van der Waals surface area contributed by atoms with Crippen LogP contribution in [0.5, 0.6) is 11.6 Å². The van der Waals surface area contributed by atoms with Gasteiger partial charge in [0.25, 0.3) is 0 Å². The standard InChI is InChI=1S/C18H17F3N4O2/c1-11-24-23-10-25(11)13-4-6-16(22-8-13)27-14-5-3-12-9-26-17(2,15(12)7-14)18(19,20)21/h3-8,23H,9-10H2,1-2H3. The van der Waals surface area contributed by atoms with Crippen molar-refractivity contribution in [3.05, 3.63) is 47.7 Å². The second-order valence-corrected chi connectivity index (χ2v) is 6.50. The van der Waals surface area contributed by atoms with Crippen LogP contribution in [0.3, 0.4) is 0 Å². The number of nitrogens with one attached hydrogen (secondary N) is 1. The van der Waals surface area contributed by atoms with Gasteiger partial charge in [-0.1, -0.05) is 6.07 Å². The molecule has 1 aromatic carbocycles. The summed E-state index contributed by atoms with van der Waals surface area (Å²) in [7, 11) is 0. The van der Waals surface area contributed by atoms with Crippen molar-refractivity contribution in [2.45, 2.75) is 32.2 Å². The zero-order chi connectivity index (χ0) is 19.2. The fourth-order valence-corrected chi connectivity index (χ4v) is 3.11. The third-order valence-electron chi connectivity index (χ3n) is 4.77. The summed E-state index contributed by atoms with van der Waals surface area (Å²) in [6.45, 7) is 3.37. The monoisotopic (exact) mass is 378 g/mol. The van der Waals surface area contributed by atoms with Crippen LogP contribution in [0.2, 0.25) is 0 Å². The molecule has 0 saturated carbocycles. The molecule has 2 aliphatic rings. The highest BCUT2D eigenvalue weighted by atomic mass is 19.4. The number of ether oxygens (including phenoxy) is 2. The molecule has 1 unspecified atom stereocenters. The number of aromatic nitrogens is 1. The Bertz CT molecular complexity index is 898. The minimum Gasteiger partial charge on any atom is -0.439 e. The molecule has 4 rings (SSSR count). The Balaban J connectivity index is 1.56. The van der Waals surface area contributed by atoms with Crippen LogP contribution >= 0.6 is 0 Å². The van der Waals surface area contributed by atoms with E-state index in [9.17, 15) is 13.2 Å². The highest BCUT2D eigenvalue weighted by molar-refractivity contribution is 5.96. The van der Waals surface area contributed by atoms with Gasteiger partial charge in [0.15, 0.2) is 5.60 Å². The summed E-state index contributed by atoms with van der Waals surface area (Å²) in [4.78, 5) is 6.16. The topological polar surface area (TPSA) is 59.0 Å². The molecular weight excluding hydrogens is 361 g/mol. The number of hydrogen-bond acceptors (Lipinski definition) is 6. The van der Waals surface area contributed by atoms with E-state index < -0.39 is 11.8 Å². The van der Waals surface area contributed by atoms with Gasteiger partial charge in [0.1, 0.15) is 18.3 Å². The first-order chi connectivity index (χ1) is 12.8. The van der Waals surface area contributed by atoms with Crippen molar-refractivity contribution in [1.82, 2.24) is 10.4 Å². The molecule has 27 heavy (non-hydrogen) atoms. The molecule has 0 radical (unpaired) electrons. The second-order valence-electron chi connectivity index (χ2n) is 6.50. The second kappa shape index (κ2) is 6.12. The Labute approximate surface area is 153 Å². The summed E-state index contributed by atoms with van der Waals surface area (Å²) in [5, 5.41) is 4.08. The van der Waals surface area contributed by atoms with E-state index in [1.54, 1.807) is 24.4 Å². The lowest BCUT2D eigenvalue weighted by Crippen LogP contribution is -2.38. The normalized spacial score (nSPS) is 21.7. The van der Waals surface area contributed by atoms with E-state index in [4.69, 9.17) is 9.47 Å². The van der Waals surface area contributed by atoms with Gasteiger partial charge < -0.3 is 14.4 Å². The van der Waals surface area contributed by atoms with Crippen molar-refractivity contribution < 1.29 is 22.6 Å². The summed E-state index contributed by atoms with van der Waals surface area (Å²) in [6, 6.07) is 8.04. The number of fused-ring (bicyclic) bond motifs is 1. The van der Waals surface area contributed by atoms with Gasteiger partial charge in [0.05, 0.1) is 18.5 Å². The molecule has 0 fully saturated rings. The third kappa shape index (κ3) is 2.97. The lowest BCUT2D eigenvalue weighted by Gasteiger charge is -2.27. The van der Waals surface area contributed by atoms with Crippen LogP contribution in [0, 0.1) is 0 Å². The van der Waals surface area contributed by atoms with Crippen molar-refractivity contribution in [2.75, 3.05) is 11.6 Å². The Hall–Kier alpha value is -2.81. The summed E-state index contributed by atoms with van der Waals surface area (Å²) in [5.41, 5.74) is 1.94. The van der Waals surface area contributed by atoms with E-state index in [1.807, 2.05) is 17.9 Å². The van der Waals surface area contributed by atoms with Crippen molar-refractivity contribution in [2.24, 2.45) is 5.10 Å². The van der Waals surface area contributed by atoms with E-state index in [0.717, 1.165) is 18.4 Å². The smallest absolute Gasteiger partial charge is 0.421 e. The number of hydrogen-bond donors (Lipinski definition) is 1. The SMILES string of the molecule is CC1=NNCN1c1ccc(Oc2ccc3c(c2)C(C)(C(F)(F)F)OC3)nc1. The molecule has 6 nitrogen and oxygen atoms in total. The van der Waals surface area contributed by atoms with Gasteiger partial charge in [-0.2, -0.15) is 18.3 Å². The molecule has 3 heterocycles. The van der Waals surface area contributed by atoms with Gasteiger partial charge in [-0.15, -0.1) is 0 Å². The van der Waals surface area contributed by atoms with Crippen molar-refractivity contribution in [1.29, 1.82) is 0 Å². The minimum absolute atomic E-state index is 0.0686. The average molecular weight is 378 g/mol. The van der Waals surface area contributed by atoms with Gasteiger partial charge in [-0.05, 0) is 37.6 Å². The molecule has 1 atom stereocenters. The van der Waals surface area contributed by atoms with Gasteiger partial charge in [-0.25, -0.2) is 4.98 Å². The largest absolute Gasteiger partial charge is 0.439 e. The first kappa shape index (κ1) is 17.6. The van der Waals surface area contributed by atoms with Crippen LogP contribution in [-0.2, 0) is 16.9 Å². The summed E-state index contributed by atoms with van der Waals surface area (Å²) in [5.74, 6) is 1.37. The number of nitrogens with zero attached hydrogens (tertiary/aromatic N) is 3. The zero-order valence-electron chi connectivity index (χ0n) is 14.7. The maximum absolute atomic E-state index is 13.4. The Morgan fingerprint density at radius 1 is 1.26 bits per heavy atom. The number of amidine groups is 1. The van der Waals surface area contributed by atoms with Crippen molar-refractivity contribution in [3.63, 3.8) is 0 Å². The number of rotatable bonds is 3. The maximum Gasteiger partial charge on any atom is 0.421 e. The Morgan fingerprint density at radius 2 is 2.07 bits per heavy atom. The number of alkyl halides is 3. The van der Waals surface area contributed by atoms with Crippen LogP contribution in [0.25, 0.3) is 0 Å². The molecular formula is C18H17F3N4O2. The van der Waals surface area contributed by atoms with Crippen LogP contribution in [0.1, 0.15) is 25.0 Å². The predicted octanol–water partition coefficient (Wildman–Crippen LogP) is 3.88. The van der Waals surface area contributed by atoms with E-state index in [1.165, 1.54) is 6.07 Å². The fourth-order valence-electron chi connectivity index (χ4n) is 3.11. The average Bonchev–Trinajstić information content (AvgIpc) is 3.20. The third-order valence-corrected chi connectivity index (χ3v) is 4.77. The number of benzene rings is 1. The highest BCUT2D eigenvalue weighted by Crippen LogP contribution is 2.48. The summed E-state index contributed by atoms with van der Waals surface area (Å²) < 4.78 is 50.9. The zero-order valence-corrected chi connectivity index (χ0v) is 14.7. The molecule has 142 valence electrons. The number of halogens is 3. The highest BCUT2D eigenvalue weighted by Gasteiger charge is 2.57. The maximum atomic E-state index is 13.4. The molecule has 0 spiro atoms. The molecule has 9 heteroatoms. The van der Waals surface area contributed by atoms with Crippen LogP contribution < -0.4 is 15.1 Å². The molecule has 0 saturated heterocycles. The van der Waals surface area contributed by atoms with E-state index in [2.05, 4.69) is 15.5 Å². The van der Waals surface area contributed by atoms with E-state index in [-0.39, 0.29) is 23.8 Å². The molecule has 2 aromatic rings. The fraction of sp³-hybridized carbons (Fsp3) is 0.333.